The molecule has 4 rings (SSSR count). The molecular weight excluding hydrogens is 459 g/mol. The van der Waals surface area contributed by atoms with Crippen molar-refractivity contribution in [3.8, 4) is 0 Å². The lowest BCUT2D eigenvalue weighted by Gasteiger charge is -2.32. The SMILES string of the molecule is O=C(/C=C/c1cnc(NC2CCN(Cc3ccc(F)cc3)CC2)c(Cl)c1)NOC1CCCCO1. The molecule has 1 aromatic carbocycles. The van der Waals surface area contributed by atoms with E-state index in [0.29, 0.717) is 23.0 Å². The molecule has 2 aliphatic heterocycles. The number of nitrogens with one attached hydrogen (secondary N) is 2. The molecule has 7 nitrogen and oxygen atoms in total. The fourth-order valence-corrected chi connectivity index (χ4v) is 4.29. The number of piperidine rings is 1. The highest BCUT2D eigenvalue weighted by Crippen LogP contribution is 2.24. The predicted molar refractivity (Wildman–Crippen MR) is 129 cm³/mol. The molecule has 0 saturated carbocycles. The Morgan fingerprint density at radius 1 is 1.24 bits per heavy atom. The Balaban J connectivity index is 1.21. The molecule has 34 heavy (non-hydrogen) atoms. The number of pyridine rings is 1. The van der Waals surface area contributed by atoms with Crippen molar-refractivity contribution in [1.82, 2.24) is 15.4 Å². The maximum Gasteiger partial charge on any atom is 0.267 e. The molecule has 0 spiro atoms. The number of benzene rings is 1. The number of halogens is 2. The van der Waals surface area contributed by atoms with E-state index in [1.165, 1.54) is 18.2 Å². The van der Waals surface area contributed by atoms with E-state index < -0.39 is 0 Å². The van der Waals surface area contributed by atoms with E-state index in [4.69, 9.17) is 21.2 Å². The number of nitrogens with zero attached hydrogens (tertiary/aromatic N) is 2. The van der Waals surface area contributed by atoms with Crippen LogP contribution in [0.25, 0.3) is 6.08 Å². The molecule has 2 saturated heterocycles. The number of likely N-dealkylation sites (tertiary alicyclic amines) is 1. The van der Waals surface area contributed by atoms with Gasteiger partial charge in [-0.1, -0.05) is 23.7 Å². The molecule has 2 aromatic rings. The summed E-state index contributed by atoms with van der Waals surface area (Å²) in [6.07, 6.45) is 9.04. The minimum Gasteiger partial charge on any atom is -0.366 e. The number of ether oxygens (including phenoxy) is 1. The topological polar surface area (TPSA) is 75.7 Å². The molecule has 2 N–H and O–H groups in total. The summed E-state index contributed by atoms with van der Waals surface area (Å²) in [5.74, 6) is 0.0533. The minimum atomic E-state index is -0.387. The Morgan fingerprint density at radius 2 is 2.03 bits per heavy atom. The third-order valence-electron chi connectivity index (χ3n) is 5.97. The molecule has 1 unspecified atom stereocenters. The Hall–Kier alpha value is -2.52. The van der Waals surface area contributed by atoms with Crippen LogP contribution < -0.4 is 10.8 Å². The second-order valence-electron chi connectivity index (χ2n) is 8.63. The quantitative estimate of drug-likeness (QED) is 0.420. The van der Waals surface area contributed by atoms with Crippen LogP contribution in [-0.2, 0) is 20.9 Å². The van der Waals surface area contributed by atoms with E-state index >= 15 is 0 Å². The van der Waals surface area contributed by atoms with Crippen LogP contribution in [0.1, 0.15) is 43.2 Å². The number of anilines is 1. The number of hydrogen-bond acceptors (Lipinski definition) is 6. The summed E-state index contributed by atoms with van der Waals surface area (Å²) in [6.45, 7) is 3.35. The molecule has 1 amide bonds. The normalized spacial score (nSPS) is 19.9. The first kappa shape index (κ1) is 24.6. The first-order valence-electron chi connectivity index (χ1n) is 11.7. The van der Waals surface area contributed by atoms with Gasteiger partial charge >= 0.3 is 0 Å². The monoisotopic (exact) mass is 488 g/mol. The van der Waals surface area contributed by atoms with Crippen molar-refractivity contribution in [2.24, 2.45) is 0 Å². The zero-order chi connectivity index (χ0) is 23.8. The van der Waals surface area contributed by atoms with Crippen LogP contribution in [0.2, 0.25) is 5.02 Å². The first-order chi connectivity index (χ1) is 16.5. The van der Waals surface area contributed by atoms with Crippen molar-refractivity contribution in [2.45, 2.75) is 51.0 Å². The smallest absolute Gasteiger partial charge is 0.267 e. The van der Waals surface area contributed by atoms with Gasteiger partial charge in [-0.2, -0.15) is 0 Å². The van der Waals surface area contributed by atoms with E-state index in [1.54, 1.807) is 18.3 Å². The van der Waals surface area contributed by atoms with E-state index in [0.717, 1.165) is 57.3 Å². The van der Waals surface area contributed by atoms with Crippen LogP contribution in [0.15, 0.2) is 42.6 Å². The van der Waals surface area contributed by atoms with Gasteiger partial charge in [0.1, 0.15) is 11.6 Å². The molecule has 182 valence electrons. The Morgan fingerprint density at radius 3 is 2.74 bits per heavy atom. The summed E-state index contributed by atoms with van der Waals surface area (Å²) in [5.41, 5.74) is 4.22. The summed E-state index contributed by atoms with van der Waals surface area (Å²) in [5, 5.41) is 3.94. The predicted octanol–water partition coefficient (Wildman–Crippen LogP) is 4.54. The van der Waals surface area contributed by atoms with Gasteiger partial charge in [-0.15, -0.1) is 0 Å². The number of aromatic nitrogens is 1. The van der Waals surface area contributed by atoms with Crippen LogP contribution in [-0.4, -0.2) is 47.8 Å². The highest BCUT2D eigenvalue weighted by atomic mass is 35.5. The first-order valence-corrected chi connectivity index (χ1v) is 12.1. The molecule has 3 heterocycles. The Kier molecular flexibility index (Phi) is 8.87. The zero-order valence-electron chi connectivity index (χ0n) is 19.0. The van der Waals surface area contributed by atoms with Gasteiger partial charge in [-0.25, -0.2) is 19.7 Å². The standard InChI is InChI=1S/C25H30ClFN4O3/c26-22-15-19(6-9-23(32)30-34-24-3-1-2-14-33-24)16-28-25(22)29-21-10-12-31(13-11-21)17-18-4-7-20(27)8-5-18/h4-9,15-16,21,24H,1-3,10-14,17H2,(H,28,29)(H,30,32)/b9-6+. The second kappa shape index (κ2) is 12.3. The largest absolute Gasteiger partial charge is 0.366 e. The van der Waals surface area contributed by atoms with Crippen molar-refractivity contribution in [3.63, 3.8) is 0 Å². The Labute approximate surface area is 204 Å². The maximum atomic E-state index is 13.1. The third-order valence-corrected chi connectivity index (χ3v) is 6.25. The van der Waals surface area contributed by atoms with Gasteiger partial charge in [0.25, 0.3) is 5.91 Å². The van der Waals surface area contributed by atoms with Gasteiger partial charge in [0, 0.05) is 51.0 Å². The second-order valence-corrected chi connectivity index (χ2v) is 9.04. The van der Waals surface area contributed by atoms with Gasteiger partial charge in [0.15, 0.2) is 6.29 Å². The molecule has 0 bridgehead atoms. The Bertz CT molecular complexity index is 975. The van der Waals surface area contributed by atoms with Gasteiger partial charge in [-0.3, -0.25) is 9.69 Å². The minimum absolute atomic E-state index is 0.209. The van der Waals surface area contributed by atoms with Crippen LogP contribution >= 0.6 is 11.6 Å². The highest BCUT2D eigenvalue weighted by Gasteiger charge is 2.20. The third kappa shape index (κ3) is 7.50. The molecular formula is C25H30ClFN4O3. The van der Waals surface area contributed by atoms with Crippen LogP contribution in [0.5, 0.6) is 0 Å². The summed E-state index contributed by atoms with van der Waals surface area (Å²) in [7, 11) is 0. The lowest BCUT2D eigenvalue weighted by Crippen LogP contribution is -2.38. The van der Waals surface area contributed by atoms with Gasteiger partial charge in [-0.05, 0) is 61.1 Å². The number of hydrogen-bond donors (Lipinski definition) is 2. The number of amides is 1. The van der Waals surface area contributed by atoms with Gasteiger partial charge < -0.3 is 10.1 Å². The van der Waals surface area contributed by atoms with E-state index in [9.17, 15) is 9.18 Å². The lowest BCUT2D eigenvalue weighted by molar-refractivity contribution is -0.198. The summed E-state index contributed by atoms with van der Waals surface area (Å²) in [6, 6.07) is 8.73. The number of carbonyl (C=O) groups excluding carboxylic acids is 1. The van der Waals surface area contributed by atoms with Crippen molar-refractivity contribution in [2.75, 3.05) is 25.0 Å². The van der Waals surface area contributed by atoms with E-state index in [-0.39, 0.29) is 24.1 Å². The fourth-order valence-electron chi connectivity index (χ4n) is 4.06. The fraction of sp³-hybridized carbons (Fsp3) is 0.440. The van der Waals surface area contributed by atoms with Crippen LogP contribution in [0, 0.1) is 5.82 Å². The maximum absolute atomic E-state index is 13.1. The van der Waals surface area contributed by atoms with E-state index in [1.807, 2.05) is 12.1 Å². The molecule has 2 fully saturated rings. The molecule has 1 atom stereocenters. The van der Waals surface area contributed by atoms with Crippen molar-refractivity contribution in [1.29, 1.82) is 0 Å². The average Bonchev–Trinajstić information content (AvgIpc) is 2.86. The van der Waals surface area contributed by atoms with Crippen molar-refractivity contribution in [3.05, 3.63) is 64.6 Å². The van der Waals surface area contributed by atoms with E-state index in [2.05, 4.69) is 20.7 Å². The number of carbonyl (C=O) groups is 1. The molecule has 0 aliphatic carbocycles. The zero-order valence-corrected chi connectivity index (χ0v) is 19.8. The number of rotatable bonds is 8. The van der Waals surface area contributed by atoms with Crippen LogP contribution in [0.4, 0.5) is 10.2 Å². The molecule has 9 heteroatoms. The van der Waals surface area contributed by atoms with Crippen LogP contribution in [0.3, 0.4) is 0 Å². The average molecular weight is 489 g/mol. The summed E-state index contributed by atoms with van der Waals surface area (Å²) >= 11 is 6.43. The van der Waals surface area contributed by atoms with Crippen molar-refractivity contribution >= 4 is 29.4 Å². The number of hydroxylamine groups is 1. The van der Waals surface area contributed by atoms with Gasteiger partial charge in [0.05, 0.1) is 5.02 Å². The summed E-state index contributed by atoms with van der Waals surface area (Å²) in [4.78, 5) is 24.0. The molecule has 0 radical (unpaired) electrons. The molecule has 1 aromatic heterocycles. The van der Waals surface area contributed by atoms with Crippen molar-refractivity contribution < 1.29 is 18.8 Å². The van der Waals surface area contributed by atoms with Gasteiger partial charge in [0.2, 0.25) is 0 Å². The summed E-state index contributed by atoms with van der Waals surface area (Å²) < 4.78 is 18.5. The highest BCUT2D eigenvalue weighted by molar-refractivity contribution is 6.33. The molecule has 2 aliphatic rings. The lowest BCUT2D eigenvalue weighted by atomic mass is 10.0.